The van der Waals surface area contributed by atoms with Crippen LogP contribution < -0.4 is 4.74 Å². The molecular weight excluding hydrogens is 200 g/mol. The minimum Gasteiger partial charge on any atom is -0.495 e. The standard InChI is InChI=1S/C11H13ClO2/c1-7(8(2)13)9-4-5-11(14-3)10(12)6-9/h4-7H,1-3H3. The lowest BCUT2D eigenvalue weighted by molar-refractivity contribution is -0.118. The second-order valence-corrected chi connectivity index (χ2v) is 3.63. The first kappa shape index (κ1) is 11.1. The lowest BCUT2D eigenvalue weighted by Crippen LogP contribution is -2.04. The van der Waals surface area contributed by atoms with E-state index in [0.29, 0.717) is 10.8 Å². The number of Topliss-reactive ketones (excluding diaryl/α,β-unsaturated/α-hetero) is 1. The van der Waals surface area contributed by atoms with Crippen LogP contribution >= 0.6 is 11.6 Å². The summed E-state index contributed by atoms with van der Waals surface area (Å²) in [5.41, 5.74) is 0.920. The highest BCUT2D eigenvalue weighted by atomic mass is 35.5. The molecule has 1 aromatic carbocycles. The molecule has 0 aliphatic rings. The minimum absolute atomic E-state index is 0.113. The van der Waals surface area contributed by atoms with E-state index >= 15 is 0 Å². The van der Waals surface area contributed by atoms with E-state index in [9.17, 15) is 4.79 Å². The van der Waals surface area contributed by atoms with Crippen LogP contribution in [-0.4, -0.2) is 12.9 Å². The zero-order chi connectivity index (χ0) is 10.7. The normalized spacial score (nSPS) is 12.3. The molecule has 0 aliphatic heterocycles. The number of carbonyl (C=O) groups excluding carboxylic acids is 1. The molecule has 0 bridgehead atoms. The van der Waals surface area contributed by atoms with E-state index in [1.165, 1.54) is 0 Å². The monoisotopic (exact) mass is 212 g/mol. The molecule has 0 fully saturated rings. The number of hydrogen-bond donors (Lipinski definition) is 0. The van der Waals surface area contributed by atoms with E-state index in [1.54, 1.807) is 26.2 Å². The zero-order valence-corrected chi connectivity index (χ0v) is 9.26. The van der Waals surface area contributed by atoms with Crippen LogP contribution in [0.2, 0.25) is 5.02 Å². The van der Waals surface area contributed by atoms with Crippen molar-refractivity contribution >= 4 is 17.4 Å². The minimum atomic E-state index is -0.113. The second kappa shape index (κ2) is 4.47. The summed E-state index contributed by atoms with van der Waals surface area (Å²) in [6.45, 7) is 3.43. The number of methoxy groups -OCH3 is 1. The molecule has 0 saturated carbocycles. The zero-order valence-electron chi connectivity index (χ0n) is 8.50. The Bertz CT molecular complexity index is 347. The molecule has 0 saturated heterocycles. The van der Waals surface area contributed by atoms with E-state index < -0.39 is 0 Å². The number of ketones is 1. The average Bonchev–Trinajstić information content (AvgIpc) is 2.16. The lowest BCUT2D eigenvalue weighted by atomic mass is 9.98. The molecule has 2 nitrogen and oxygen atoms in total. The highest BCUT2D eigenvalue weighted by Gasteiger charge is 2.12. The first-order chi connectivity index (χ1) is 6.56. The molecule has 1 atom stereocenters. The van der Waals surface area contributed by atoms with Crippen molar-refractivity contribution in [3.05, 3.63) is 28.8 Å². The maximum Gasteiger partial charge on any atom is 0.137 e. The number of benzene rings is 1. The SMILES string of the molecule is COc1ccc(C(C)C(C)=O)cc1Cl. The summed E-state index contributed by atoms with van der Waals surface area (Å²) >= 11 is 5.94. The van der Waals surface area contributed by atoms with Gasteiger partial charge >= 0.3 is 0 Å². The van der Waals surface area contributed by atoms with Gasteiger partial charge in [-0.2, -0.15) is 0 Å². The van der Waals surface area contributed by atoms with Crippen molar-refractivity contribution in [1.29, 1.82) is 0 Å². The molecule has 0 heterocycles. The third-order valence-corrected chi connectivity index (χ3v) is 2.58. The second-order valence-electron chi connectivity index (χ2n) is 3.23. The van der Waals surface area contributed by atoms with Gasteiger partial charge in [-0.25, -0.2) is 0 Å². The van der Waals surface area contributed by atoms with Crippen LogP contribution in [0, 0.1) is 0 Å². The summed E-state index contributed by atoms with van der Waals surface area (Å²) in [4.78, 5) is 11.1. The Balaban J connectivity index is 3.02. The molecule has 0 radical (unpaired) electrons. The highest BCUT2D eigenvalue weighted by molar-refractivity contribution is 6.32. The molecule has 14 heavy (non-hydrogen) atoms. The molecule has 0 amide bonds. The largest absolute Gasteiger partial charge is 0.495 e. The Morgan fingerprint density at radius 3 is 2.57 bits per heavy atom. The Labute approximate surface area is 88.8 Å². The fourth-order valence-corrected chi connectivity index (χ4v) is 1.45. The maximum atomic E-state index is 11.1. The van der Waals surface area contributed by atoms with Crippen LogP contribution in [0.15, 0.2) is 18.2 Å². The van der Waals surface area contributed by atoms with E-state index in [1.807, 2.05) is 13.0 Å². The van der Waals surface area contributed by atoms with Crippen molar-refractivity contribution in [1.82, 2.24) is 0 Å². The van der Waals surface area contributed by atoms with Crippen LogP contribution in [0.3, 0.4) is 0 Å². The van der Waals surface area contributed by atoms with Gasteiger partial charge in [-0.1, -0.05) is 24.6 Å². The van der Waals surface area contributed by atoms with Gasteiger partial charge in [0.25, 0.3) is 0 Å². The van der Waals surface area contributed by atoms with E-state index in [0.717, 1.165) is 5.56 Å². The van der Waals surface area contributed by atoms with Crippen molar-refractivity contribution in [2.75, 3.05) is 7.11 Å². The Morgan fingerprint density at radius 2 is 2.14 bits per heavy atom. The first-order valence-electron chi connectivity index (χ1n) is 4.40. The van der Waals surface area contributed by atoms with Gasteiger partial charge in [-0.15, -0.1) is 0 Å². The van der Waals surface area contributed by atoms with Gasteiger partial charge in [0.05, 0.1) is 12.1 Å². The maximum absolute atomic E-state index is 11.1. The number of carbonyl (C=O) groups is 1. The van der Waals surface area contributed by atoms with Gasteiger partial charge < -0.3 is 4.74 Å². The van der Waals surface area contributed by atoms with Crippen LogP contribution in [0.1, 0.15) is 25.3 Å². The van der Waals surface area contributed by atoms with Gasteiger partial charge in [0.15, 0.2) is 0 Å². The first-order valence-corrected chi connectivity index (χ1v) is 4.78. The number of ether oxygens (including phenoxy) is 1. The van der Waals surface area contributed by atoms with Gasteiger partial charge in [-0.3, -0.25) is 4.79 Å². The summed E-state index contributed by atoms with van der Waals surface area (Å²) in [6.07, 6.45) is 0. The number of halogens is 1. The molecule has 0 N–H and O–H groups in total. The molecule has 3 heteroatoms. The fraction of sp³-hybridized carbons (Fsp3) is 0.364. The molecule has 1 unspecified atom stereocenters. The van der Waals surface area contributed by atoms with E-state index in [2.05, 4.69) is 0 Å². The Kier molecular flexibility index (Phi) is 3.53. The quantitative estimate of drug-likeness (QED) is 0.770. The van der Waals surface area contributed by atoms with E-state index in [4.69, 9.17) is 16.3 Å². The van der Waals surface area contributed by atoms with Crippen LogP contribution in [0.5, 0.6) is 5.75 Å². The molecule has 76 valence electrons. The van der Waals surface area contributed by atoms with E-state index in [-0.39, 0.29) is 11.7 Å². The molecule has 0 aromatic heterocycles. The van der Waals surface area contributed by atoms with Gasteiger partial charge in [0, 0.05) is 5.92 Å². The molecular formula is C11H13ClO2. The molecule has 1 rings (SSSR count). The van der Waals surface area contributed by atoms with Crippen LogP contribution in [0.25, 0.3) is 0 Å². The lowest BCUT2D eigenvalue weighted by Gasteiger charge is -2.10. The number of hydrogen-bond acceptors (Lipinski definition) is 2. The average molecular weight is 213 g/mol. The summed E-state index contributed by atoms with van der Waals surface area (Å²) in [5, 5.41) is 0.540. The van der Waals surface area contributed by atoms with Crippen molar-refractivity contribution in [2.24, 2.45) is 0 Å². The summed E-state index contributed by atoms with van der Waals surface area (Å²) in [6, 6.07) is 5.40. The van der Waals surface area contributed by atoms with Crippen molar-refractivity contribution < 1.29 is 9.53 Å². The predicted molar refractivity (Wildman–Crippen MR) is 57.1 cm³/mol. The van der Waals surface area contributed by atoms with Crippen molar-refractivity contribution in [3.8, 4) is 5.75 Å². The molecule has 0 aliphatic carbocycles. The van der Waals surface area contributed by atoms with Gasteiger partial charge in [-0.05, 0) is 24.6 Å². The number of rotatable bonds is 3. The van der Waals surface area contributed by atoms with Gasteiger partial charge in [0.2, 0.25) is 0 Å². The third-order valence-electron chi connectivity index (χ3n) is 2.29. The summed E-state index contributed by atoms with van der Waals surface area (Å²) in [7, 11) is 1.56. The molecule has 1 aromatic rings. The van der Waals surface area contributed by atoms with Crippen LogP contribution in [0.4, 0.5) is 0 Å². The predicted octanol–water partition coefficient (Wildman–Crippen LogP) is 3.04. The van der Waals surface area contributed by atoms with Crippen molar-refractivity contribution in [2.45, 2.75) is 19.8 Å². The Hall–Kier alpha value is -1.02. The molecule has 0 spiro atoms. The smallest absolute Gasteiger partial charge is 0.137 e. The third kappa shape index (κ3) is 2.26. The summed E-state index contributed by atoms with van der Waals surface area (Å²) in [5.74, 6) is 0.649. The summed E-state index contributed by atoms with van der Waals surface area (Å²) < 4.78 is 5.02. The van der Waals surface area contributed by atoms with Crippen LogP contribution in [-0.2, 0) is 4.79 Å². The topological polar surface area (TPSA) is 26.3 Å². The van der Waals surface area contributed by atoms with Gasteiger partial charge in [0.1, 0.15) is 11.5 Å². The Morgan fingerprint density at radius 1 is 1.50 bits per heavy atom. The highest BCUT2D eigenvalue weighted by Crippen LogP contribution is 2.28. The fourth-order valence-electron chi connectivity index (χ4n) is 1.19. The van der Waals surface area contributed by atoms with Crippen molar-refractivity contribution in [3.63, 3.8) is 0 Å².